The molecule has 0 aliphatic carbocycles. The van der Waals surface area contributed by atoms with Gasteiger partial charge in [-0.1, -0.05) is 22.0 Å². The molecule has 2 rings (SSSR count). The first-order chi connectivity index (χ1) is 8.97. The van der Waals surface area contributed by atoms with E-state index in [0.717, 1.165) is 6.07 Å². The molecular weight excluding hydrogens is 319 g/mol. The summed E-state index contributed by atoms with van der Waals surface area (Å²) >= 11 is 3.11. The molecule has 0 heterocycles. The van der Waals surface area contributed by atoms with E-state index in [1.54, 1.807) is 0 Å². The van der Waals surface area contributed by atoms with Crippen LogP contribution in [0.2, 0.25) is 0 Å². The Morgan fingerprint density at radius 1 is 1.32 bits per heavy atom. The Labute approximate surface area is 116 Å². The maximum Gasteiger partial charge on any atom is 0.334 e. The van der Waals surface area contributed by atoms with Gasteiger partial charge in [-0.25, -0.2) is 4.39 Å². The highest BCUT2D eigenvalue weighted by Gasteiger charge is 2.19. The third-order valence-electron chi connectivity index (χ3n) is 2.28. The van der Waals surface area contributed by atoms with Crippen molar-refractivity contribution in [2.75, 3.05) is 5.73 Å². The lowest BCUT2D eigenvalue weighted by Crippen LogP contribution is -1.98. The number of ether oxygens (including phenoxy) is 1. The maximum atomic E-state index is 13.2. The SMILES string of the molecule is Nc1cccc(Oc2cc(F)cc(Br)c2)c1[N+](=O)[O-]. The van der Waals surface area contributed by atoms with Crippen LogP contribution in [0.3, 0.4) is 0 Å². The second-order valence-corrected chi connectivity index (χ2v) is 4.57. The molecule has 2 aromatic carbocycles. The van der Waals surface area contributed by atoms with Gasteiger partial charge in [-0.15, -0.1) is 0 Å². The second kappa shape index (κ2) is 5.23. The summed E-state index contributed by atoms with van der Waals surface area (Å²) in [4.78, 5) is 10.3. The summed E-state index contributed by atoms with van der Waals surface area (Å²) in [6.45, 7) is 0. The quantitative estimate of drug-likeness (QED) is 0.527. The molecule has 0 amide bonds. The van der Waals surface area contributed by atoms with Gasteiger partial charge in [0.05, 0.1) is 4.92 Å². The normalized spacial score (nSPS) is 10.2. The minimum atomic E-state index is -0.640. The molecule has 0 aliphatic rings. The molecule has 2 aromatic rings. The summed E-state index contributed by atoms with van der Waals surface area (Å²) < 4.78 is 19.0. The fraction of sp³-hybridized carbons (Fsp3) is 0. The van der Waals surface area contributed by atoms with Crippen molar-refractivity contribution in [3.8, 4) is 11.5 Å². The predicted molar refractivity (Wildman–Crippen MR) is 71.7 cm³/mol. The van der Waals surface area contributed by atoms with E-state index >= 15 is 0 Å². The largest absolute Gasteiger partial charge is 0.450 e. The number of nitro benzene ring substituents is 1. The van der Waals surface area contributed by atoms with Crippen molar-refractivity contribution in [3.05, 3.63) is 56.8 Å². The van der Waals surface area contributed by atoms with Gasteiger partial charge >= 0.3 is 5.69 Å². The Hall–Kier alpha value is -2.15. The third-order valence-corrected chi connectivity index (χ3v) is 2.73. The van der Waals surface area contributed by atoms with Gasteiger partial charge in [0.1, 0.15) is 17.3 Å². The fourth-order valence-electron chi connectivity index (χ4n) is 1.53. The molecule has 5 nitrogen and oxygen atoms in total. The molecule has 0 bridgehead atoms. The zero-order chi connectivity index (χ0) is 14.0. The van der Waals surface area contributed by atoms with Crippen molar-refractivity contribution in [3.63, 3.8) is 0 Å². The first-order valence-corrected chi connectivity index (χ1v) is 5.93. The van der Waals surface area contributed by atoms with Crippen LogP contribution in [0.1, 0.15) is 0 Å². The molecule has 0 aliphatic heterocycles. The summed E-state index contributed by atoms with van der Waals surface area (Å²) in [5.41, 5.74) is 5.17. The molecule has 0 aromatic heterocycles. The van der Waals surface area contributed by atoms with Crippen LogP contribution in [-0.2, 0) is 0 Å². The maximum absolute atomic E-state index is 13.2. The summed E-state index contributed by atoms with van der Waals surface area (Å²) in [6.07, 6.45) is 0. The molecule has 2 N–H and O–H groups in total. The highest BCUT2D eigenvalue weighted by atomic mass is 79.9. The highest BCUT2D eigenvalue weighted by molar-refractivity contribution is 9.10. The van der Waals surface area contributed by atoms with Gasteiger partial charge in [0.25, 0.3) is 0 Å². The number of nitrogens with zero attached hydrogens (tertiary/aromatic N) is 1. The van der Waals surface area contributed by atoms with Crippen molar-refractivity contribution in [2.45, 2.75) is 0 Å². The lowest BCUT2D eigenvalue weighted by atomic mass is 10.2. The number of nitrogen functional groups attached to an aromatic ring is 1. The smallest absolute Gasteiger partial charge is 0.334 e. The van der Waals surface area contributed by atoms with Crippen molar-refractivity contribution in [1.82, 2.24) is 0 Å². The monoisotopic (exact) mass is 326 g/mol. The van der Waals surface area contributed by atoms with Crippen molar-refractivity contribution in [2.24, 2.45) is 0 Å². The number of nitrogens with two attached hydrogens (primary N) is 1. The summed E-state index contributed by atoms with van der Waals surface area (Å²) in [6, 6.07) is 8.18. The number of hydrogen-bond acceptors (Lipinski definition) is 4. The Morgan fingerprint density at radius 2 is 2.05 bits per heavy atom. The third kappa shape index (κ3) is 3.00. The number of anilines is 1. The Balaban J connectivity index is 2.43. The van der Waals surface area contributed by atoms with Crippen LogP contribution in [0.25, 0.3) is 0 Å². The van der Waals surface area contributed by atoms with E-state index < -0.39 is 10.7 Å². The number of halogens is 2. The number of benzene rings is 2. The number of nitro groups is 1. The molecule has 0 spiro atoms. The molecular formula is C12H8BrFN2O3. The van der Waals surface area contributed by atoms with Crippen LogP contribution in [0.4, 0.5) is 15.8 Å². The minimum absolute atomic E-state index is 0.0158. The molecule has 98 valence electrons. The van der Waals surface area contributed by atoms with Crippen molar-refractivity contribution < 1.29 is 14.1 Å². The predicted octanol–water partition coefficient (Wildman–Crippen LogP) is 3.87. The van der Waals surface area contributed by atoms with Crippen LogP contribution in [0, 0.1) is 15.9 Å². The number of para-hydroxylation sites is 1. The average molecular weight is 327 g/mol. The van der Waals surface area contributed by atoms with Gasteiger partial charge in [-0.3, -0.25) is 10.1 Å². The van der Waals surface area contributed by atoms with E-state index in [2.05, 4.69) is 15.9 Å². The second-order valence-electron chi connectivity index (χ2n) is 3.66. The molecule has 7 heteroatoms. The zero-order valence-electron chi connectivity index (χ0n) is 9.47. The van der Waals surface area contributed by atoms with Crippen LogP contribution in [0.15, 0.2) is 40.9 Å². The van der Waals surface area contributed by atoms with E-state index in [4.69, 9.17) is 10.5 Å². The Kier molecular flexibility index (Phi) is 3.66. The molecule has 0 saturated carbocycles. The molecule has 0 unspecified atom stereocenters. The van der Waals surface area contributed by atoms with Gasteiger partial charge in [0.2, 0.25) is 5.75 Å². The standard InChI is InChI=1S/C12H8BrFN2O3/c13-7-4-8(14)6-9(5-7)19-11-3-1-2-10(15)12(11)16(17)18/h1-6H,15H2. The first kappa shape index (κ1) is 13.3. The molecule has 19 heavy (non-hydrogen) atoms. The van der Waals surface area contributed by atoms with E-state index in [1.165, 1.54) is 30.3 Å². The Bertz CT molecular complexity index is 629. The first-order valence-electron chi connectivity index (χ1n) is 5.14. The Morgan fingerprint density at radius 3 is 2.68 bits per heavy atom. The molecule has 0 radical (unpaired) electrons. The van der Waals surface area contributed by atoms with Gasteiger partial charge in [0, 0.05) is 10.5 Å². The lowest BCUT2D eigenvalue weighted by molar-refractivity contribution is -0.384. The van der Waals surface area contributed by atoms with E-state index in [1.807, 2.05) is 0 Å². The lowest BCUT2D eigenvalue weighted by Gasteiger charge is -2.08. The van der Waals surface area contributed by atoms with Gasteiger partial charge < -0.3 is 10.5 Å². The topological polar surface area (TPSA) is 78.4 Å². The van der Waals surface area contributed by atoms with Crippen LogP contribution >= 0.6 is 15.9 Å². The highest BCUT2D eigenvalue weighted by Crippen LogP contribution is 2.36. The van der Waals surface area contributed by atoms with Gasteiger partial charge in [-0.2, -0.15) is 0 Å². The van der Waals surface area contributed by atoms with Gasteiger partial charge in [0.15, 0.2) is 0 Å². The average Bonchev–Trinajstić information content (AvgIpc) is 2.26. The van der Waals surface area contributed by atoms with Gasteiger partial charge in [-0.05, 0) is 24.3 Å². The summed E-state index contributed by atoms with van der Waals surface area (Å²) in [7, 11) is 0. The number of rotatable bonds is 3. The van der Waals surface area contributed by atoms with E-state index in [-0.39, 0.29) is 22.9 Å². The summed E-state index contributed by atoms with van der Waals surface area (Å²) in [5, 5.41) is 10.9. The zero-order valence-corrected chi connectivity index (χ0v) is 11.1. The van der Waals surface area contributed by atoms with E-state index in [9.17, 15) is 14.5 Å². The minimum Gasteiger partial charge on any atom is -0.450 e. The van der Waals surface area contributed by atoms with Crippen LogP contribution in [-0.4, -0.2) is 4.92 Å². The van der Waals surface area contributed by atoms with Crippen LogP contribution < -0.4 is 10.5 Å². The van der Waals surface area contributed by atoms with Crippen LogP contribution in [0.5, 0.6) is 11.5 Å². The molecule has 0 fully saturated rings. The van der Waals surface area contributed by atoms with E-state index in [0.29, 0.717) is 4.47 Å². The molecule has 0 atom stereocenters. The van der Waals surface area contributed by atoms with Crippen molar-refractivity contribution >= 4 is 27.3 Å². The fourth-order valence-corrected chi connectivity index (χ4v) is 1.98. The molecule has 0 saturated heterocycles. The summed E-state index contributed by atoms with van der Waals surface area (Å²) in [5.74, 6) is -0.418. The van der Waals surface area contributed by atoms with Crippen molar-refractivity contribution in [1.29, 1.82) is 0 Å². The number of hydrogen-bond donors (Lipinski definition) is 1.